The van der Waals surface area contributed by atoms with Crippen molar-refractivity contribution in [2.45, 2.75) is 50.6 Å². The largest absolute Gasteiger partial charge is 0.495 e. The van der Waals surface area contributed by atoms with Gasteiger partial charge in [-0.05, 0) is 51.4 Å². The number of methoxy groups -OCH3 is 1. The van der Waals surface area contributed by atoms with Crippen molar-refractivity contribution >= 4 is 28.3 Å². The maximum absolute atomic E-state index is 13.1. The average molecular weight is 420 g/mol. The van der Waals surface area contributed by atoms with Crippen LogP contribution in [0.4, 0.5) is 0 Å². The van der Waals surface area contributed by atoms with Crippen LogP contribution in [0.2, 0.25) is 0 Å². The van der Waals surface area contributed by atoms with Crippen LogP contribution in [0.3, 0.4) is 0 Å². The normalized spacial score (nSPS) is 16.9. The highest BCUT2D eigenvalue weighted by atomic mass is 35.5. The minimum atomic E-state index is -3.77. The molecule has 0 radical (unpaired) electrons. The number of nitrogens with zero attached hydrogens (tertiary/aromatic N) is 1. The monoisotopic (exact) mass is 419 g/mol. The highest BCUT2D eigenvalue weighted by Gasteiger charge is 2.28. The number of hydrogen-bond acceptors (Lipinski definition) is 5. The lowest BCUT2D eigenvalue weighted by molar-refractivity contribution is 0.0692. The summed E-state index contributed by atoms with van der Waals surface area (Å²) in [5.41, 5.74) is 0.357. The first kappa shape index (κ1) is 23.7. The van der Waals surface area contributed by atoms with E-state index < -0.39 is 10.0 Å². The Morgan fingerprint density at radius 3 is 2.63 bits per heavy atom. The Bertz CT molecular complexity index is 734. The number of rotatable bonds is 8. The summed E-state index contributed by atoms with van der Waals surface area (Å²) in [5, 5.41) is 3.27. The molecule has 27 heavy (non-hydrogen) atoms. The quantitative estimate of drug-likeness (QED) is 0.673. The topological polar surface area (TPSA) is 87.7 Å². The van der Waals surface area contributed by atoms with E-state index in [1.54, 1.807) is 26.0 Å². The number of carbonyl (C=O) groups is 1. The number of halogens is 1. The van der Waals surface area contributed by atoms with Crippen LogP contribution in [0.25, 0.3) is 0 Å². The first-order valence-electron chi connectivity index (χ1n) is 9.02. The van der Waals surface area contributed by atoms with Crippen molar-refractivity contribution in [3.8, 4) is 5.75 Å². The third kappa shape index (κ3) is 5.81. The smallest absolute Gasteiger partial charge is 0.254 e. The molecule has 1 aromatic carbocycles. The number of ether oxygens (including phenoxy) is 1. The lowest BCUT2D eigenvalue weighted by Crippen LogP contribution is -2.42. The minimum absolute atomic E-state index is 0. The molecular weight excluding hydrogens is 390 g/mol. The fourth-order valence-electron chi connectivity index (χ4n) is 3.16. The van der Waals surface area contributed by atoms with Gasteiger partial charge in [0.05, 0.1) is 7.11 Å². The van der Waals surface area contributed by atoms with Gasteiger partial charge >= 0.3 is 0 Å². The van der Waals surface area contributed by atoms with Crippen LogP contribution in [0.15, 0.2) is 23.1 Å². The van der Waals surface area contributed by atoms with Crippen molar-refractivity contribution in [3.63, 3.8) is 0 Å². The summed E-state index contributed by atoms with van der Waals surface area (Å²) >= 11 is 0. The Balaban J connectivity index is 0.00000364. The Hall–Kier alpha value is -1.35. The maximum Gasteiger partial charge on any atom is 0.254 e. The number of amides is 1. The molecule has 0 aliphatic carbocycles. The molecule has 2 rings (SSSR count). The number of benzene rings is 1. The number of carbonyl (C=O) groups excluding carboxylic acids is 1. The molecule has 1 heterocycles. The number of nitrogens with one attached hydrogen (secondary N) is 2. The molecule has 0 bridgehead atoms. The van der Waals surface area contributed by atoms with Crippen LogP contribution in [0.5, 0.6) is 5.75 Å². The highest BCUT2D eigenvalue weighted by molar-refractivity contribution is 7.89. The highest BCUT2D eigenvalue weighted by Crippen LogP contribution is 2.26. The van der Waals surface area contributed by atoms with Crippen LogP contribution in [0.1, 0.15) is 44.0 Å². The van der Waals surface area contributed by atoms with Gasteiger partial charge in [0.2, 0.25) is 10.0 Å². The molecule has 1 saturated heterocycles. The van der Waals surface area contributed by atoms with Crippen molar-refractivity contribution in [2.24, 2.45) is 0 Å². The Morgan fingerprint density at radius 1 is 1.41 bits per heavy atom. The fraction of sp³-hybridized carbons (Fsp3) is 0.611. The van der Waals surface area contributed by atoms with E-state index in [4.69, 9.17) is 4.74 Å². The van der Waals surface area contributed by atoms with Crippen molar-refractivity contribution in [1.82, 2.24) is 14.9 Å². The summed E-state index contributed by atoms with van der Waals surface area (Å²) in [6.45, 7) is 7.81. The summed E-state index contributed by atoms with van der Waals surface area (Å²) < 4.78 is 33.0. The van der Waals surface area contributed by atoms with Gasteiger partial charge in [-0.25, -0.2) is 13.1 Å². The van der Waals surface area contributed by atoms with Crippen molar-refractivity contribution in [1.29, 1.82) is 0 Å². The molecular formula is C18H30ClN3O4S. The van der Waals surface area contributed by atoms with E-state index in [0.717, 1.165) is 25.9 Å². The summed E-state index contributed by atoms with van der Waals surface area (Å²) in [6, 6.07) is 4.46. The molecule has 1 aliphatic rings. The van der Waals surface area contributed by atoms with E-state index in [0.29, 0.717) is 12.1 Å². The van der Waals surface area contributed by atoms with Gasteiger partial charge in [0, 0.05) is 30.7 Å². The van der Waals surface area contributed by atoms with E-state index in [1.165, 1.54) is 13.2 Å². The molecule has 0 saturated carbocycles. The zero-order chi connectivity index (χ0) is 19.3. The molecule has 1 fully saturated rings. The number of hydrogen-bond donors (Lipinski definition) is 2. The lowest BCUT2D eigenvalue weighted by Gasteiger charge is -2.28. The summed E-state index contributed by atoms with van der Waals surface area (Å²) in [6.07, 6.45) is 1.75. The van der Waals surface area contributed by atoms with Gasteiger partial charge in [-0.3, -0.25) is 4.79 Å². The molecule has 2 N–H and O–H groups in total. The minimum Gasteiger partial charge on any atom is -0.495 e. The van der Waals surface area contributed by atoms with E-state index in [-0.39, 0.29) is 41.0 Å². The first-order chi connectivity index (χ1) is 12.3. The van der Waals surface area contributed by atoms with E-state index in [2.05, 4.69) is 10.0 Å². The molecule has 0 aromatic heterocycles. The SMILES string of the molecule is CCCN(C(=O)c1ccc(OC)c(S(=O)(=O)NC(C)C)c1)C1CCNC1.Cl. The van der Waals surface area contributed by atoms with Gasteiger partial charge < -0.3 is 15.0 Å². The van der Waals surface area contributed by atoms with Crippen LogP contribution in [-0.4, -0.2) is 58.1 Å². The third-order valence-electron chi connectivity index (χ3n) is 4.29. The maximum atomic E-state index is 13.1. The molecule has 1 aliphatic heterocycles. The van der Waals surface area contributed by atoms with Gasteiger partial charge in [-0.2, -0.15) is 0 Å². The van der Waals surface area contributed by atoms with Gasteiger partial charge in [0.1, 0.15) is 10.6 Å². The molecule has 154 valence electrons. The number of sulfonamides is 1. The fourth-order valence-corrected chi connectivity index (χ4v) is 4.60. The van der Waals surface area contributed by atoms with E-state index in [1.807, 2.05) is 11.8 Å². The van der Waals surface area contributed by atoms with E-state index >= 15 is 0 Å². The van der Waals surface area contributed by atoms with Gasteiger partial charge in [-0.1, -0.05) is 6.92 Å². The van der Waals surface area contributed by atoms with Crippen LogP contribution < -0.4 is 14.8 Å². The first-order valence-corrected chi connectivity index (χ1v) is 10.5. The molecule has 1 atom stereocenters. The summed E-state index contributed by atoms with van der Waals surface area (Å²) in [4.78, 5) is 14.9. The van der Waals surface area contributed by atoms with E-state index in [9.17, 15) is 13.2 Å². The van der Waals surface area contributed by atoms with Crippen LogP contribution in [0, 0.1) is 0 Å². The second-order valence-corrected chi connectivity index (χ2v) is 8.47. The lowest BCUT2D eigenvalue weighted by atomic mass is 10.1. The summed E-state index contributed by atoms with van der Waals surface area (Å²) in [5.74, 6) is 0.0727. The molecule has 0 spiro atoms. The Morgan fingerprint density at radius 2 is 2.11 bits per heavy atom. The zero-order valence-electron chi connectivity index (χ0n) is 16.3. The van der Waals surface area contributed by atoms with Gasteiger partial charge in [0.15, 0.2) is 0 Å². The second-order valence-electron chi connectivity index (χ2n) is 6.79. The third-order valence-corrected chi connectivity index (χ3v) is 5.97. The van der Waals surface area contributed by atoms with Crippen molar-refractivity contribution in [3.05, 3.63) is 23.8 Å². The molecule has 1 aromatic rings. The standard InChI is InChI=1S/C18H29N3O4S.ClH/c1-5-10-21(15-8-9-19-12-15)18(22)14-6-7-16(25-4)17(11-14)26(23,24)20-13(2)3;/h6-7,11,13,15,19-20H,5,8-10,12H2,1-4H3;1H. The Labute approximate surface area is 168 Å². The van der Waals surface area contributed by atoms with Crippen LogP contribution in [-0.2, 0) is 10.0 Å². The van der Waals surface area contributed by atoms with Gasteiger partial charge in [-0.15, -0.1) is 12.4 Å². The molecule has 1 unspecified atom stereocenters. The van der Waals surface area contributed by atoms with Crippen LogP contribution >= 0.6 is 12.4 Å². The average Bonchev–Trinajstić information content (AvgIpc) is 3.11. The van der Waals surface area contributed by atoms with Crippen molar-refractivity contribution < 1.29 is 17.9 Å². The Kier molecular flexibility index (Phi) is 9.01. The van der Waals surface area contributed by atoms with Gasteiger partial charge in [0.25, 0.3) is 5.91 Å². The second kappa shape index (κ2) is 10.3. The summed E-state index contributed by atoms with van der Waals surface area (Å²) in [7, 11) is -2.36. The molecule has 9 heteroatoms. The molecule has 1 amide bonds. The zero-order valence-corrected chi connectivity index (χ0v) is 18.0. The predicted octanol–water partition coefficient (Wildman–Crippen LogP) is 2.02. The predicted molar refractivity (Wildman–Crippen MR) is 108 cm³/mol. The molecule has 7 nitrogen and oxygen atoms in total. The van der Waals surface area contributed by atoms with Crippen molar-refractivity contribution in [2.75, 3.05) is 26.7 Å².